The standard InChI is InChI=1S/C20H28N2O4/c1-14-10-16-11-21(18(23)26-20(2,3)4)12-17(14)22(16)19(24)25-13-15-8-6-5-7-9-15/h5-9,14,16-17H,10-13H2,1-4H3. The number of fused-ring (bicyclic) bond motifs is 2. The van der Waals surface area contributed by atoms with Crippen LogP contribution in [0.2, 0.25) is 0 Å². The van der Waals surface area contributed by atoms with E-state index in [0.717, 1.165) is 12.0 Å². The van der Waals surface area contributed by atoms with Crippen molar-refractivity contribution in [3.05, 3.63) is 35.9 Å². The van der Waals surface area contributed by atoms with Crippen molar-refractivity contribution in [3.63, 3.8) is 0 Å². The Bertz CT molecular complexity index is 656. The fraction of sp³-hybridized carbons (Fsp3) is 0.600. The van der Waals surface area contributed by atoms with Crippen LogP contribution in [0.4, 0.5) is 9.59 Å². The average molecular weight is 360 g/mol. The summed E-state index contributed by atoms with van der Waals surface area (Å²) in [7, 11) is 0. The molecular formula is C20H28N2O4. The summed E-state index contributed by atoms with van der Waals surface area (Å²) in [5.74, 6) is 0.330. The number of hydrogen-bond donors (Lipinski definition) is 0. The molecule has 6 nitrogen and oxygen atoms in total. The van der Waals surface area contributed by atoms with E-state index in [1.165, 1.54) is 0 Å². The Morgan fingerprint density at radius 2 is 1.81 bits per heavy atom. The summed E-state index contributed by atoms with van der Waals surface area (Å²) in [6, 6.07) is 9.62. The van der Waals surface area contributed by atoms with Crippen LogP contribution in [0.3, 0.4) is 0 Å². The third kappa shape index (κ3) is 4.11. The Kier molecular flexibility index (Phi) is 5.12. The number of piperazine rings is 1. The Hall–Kier alpha value is -2.24. The van der Waals surface area contributed by atoms with E-state index in [0.29, 0.717) is 19.0 Å². The third-order valence-corrected chi connectivity index (χ3v) is 4.96. The fourth-order valence-electron chi connectivity index (χ4n) is 3.78. The number of likely N-dealkylation sites (tertiary alicyclic amines) is 1. The second kappa shape index (κ2) is 7.17. The van der Waals surface area contributed by atoms with Crippen molar-refractivity contribution in [2.75, 3.05) is 13.1 Å². The molecule has 2 heterocycles. The number of hydrogen-bond acceptors (Lipinski definition) is 4. The molecule has 2 aliphatic heterocycles. The molecular weight excluding hydrogens is 332 g/mol. The van der Waals surface area contributed by atoms with E-state index in [1.54, 1.807) is 4.90 Å². The van der Waals surface area contributed by atoms with Gasteiger partial charge in [-0.1, -0.05) is 37.3 Å². The van der Waals surface area contributed by atoms with Gasteiger partial charge in [0.1, 0.15) is 12.2 Å². The lowest BCUT2D eigenvalue weighted by atomic mass is 10.0. The van der Waals surface area contributed by atoms with Crippen LogP contribution in [-0.2, 0) is 16.1 Å². The van der Waals surface area contributed by atoms with Gasteiger partial charge in [0.05, 0.1) is 12.1 Å². The molecule has 0 N–H and O–H groups in total. The van der Waals surface area contributed by atoms with Crippen molar-refractivity contribution in [2.24, 2.45) is 5.92 Å². The maximum atomic E-state index is 12.7. The number of amides is 2. The molecule has 2 amide bonds. The second-order valence-electron chi connectivity index (χ2n) is 8.27. The number of ether oxygens (including phenoxy) is 2. The van der Waals surface area contributed by atoms with E-state index in [9.17, 15) is 9.59 Å². The molecule has 0 saturated carbocycles. The topological polar surface area (TPSA) is 59.1 Å². The third-order valence-electron chi connectivity index (χ3n) is 4.96. The molecule has 3 unspecified atom stereocenters. The Morgan fingerprint density at radius 3 is 2.42 bits per heavy atom. The highest BCUT2D eigenvalue weighted by atomic mass is 16.6. The summed E-state index contributed by atoms with van der Waals surface area (Å²) in [6.45, 7) is 8.96. The van der Waals surface area contributed by atoms with Crippen molar-refractivity contribution >= 4 is 12.2 Å². The van der Waals surface area contributed by atoms with Gasteiger partial charge in [0.2, 0.25) is 0 Å². The molecule has 0 aliphatic carbocycles. The highest BCUT2D eigenvalue weighted by molar-refractivity contribution is 5.72. The minimum Gasteiger partial charge on any atom is -0.445 e. The van der Waals surface area contributed by atoms with Gasteiger partial charge in [0, 0.05) is 13.1 Å². The van der Waals surface area contributed by atoms with Crippen LogP contribution in [0.25, 0.3) is 0 Å². The summed E-state index contributed by atoms with van der Waals surface area (Å²) < 4.78 is 11.0. The minimum absolute atomic E-state index is 0.0143. The summed E-state index contributed by atoms with van der Waals surface area (Å²) in [4.78, 5) is 28.6. The van der Waals surface area contributed by atoms with Crippen LogP contribution in [0, 0.1) is 5.92 Å². The van der Waals surface area contributed by atoms with Gasteiger partial charge in [-0.15, -0.1) is 0 Å². The molecule has 2 bridgehead atoms. The van der Waals surface area contributed by atoms with Gasteiger partial charge in [-0.25, -0.2) is 9.59 Å². The molecule has 26 heavy (non-hydrogen) atoms. The quantitative estimate of drug-likeness (QED) is 0.808. The lowest BCUT2D eigenvalue weighted by molar-refractivity contribution is -0.00292. The first-order valence-corrected chi connectivity index (χ1v) is 9.21. The van der Waals surface area contributed by atoms with Crippen molar-refractivity contribution in [1.82, 2.24) is 9.80 Å². The van der Waals surface area contributed by atoms with Gasteiger partial charge in [-0.2, -0.15) is 0 Å². The van der Waals surface area contributed by atoms with Crippen LogP contribution in [0.15, 0.2) is 30.3 Å². The molecule has 1 aromatic rings. The molecule has 0 spiro atoms. The van der Waals surface area contributed by atoms with E-state index in [2.05, 4.69) is 6.92 Å². The average Bonchev–Trinajstić information content (AvgIpc) is 2.77. The molecule has 2 aliphatic rings. The van der Waals surface area contributed by atoms with Crippen molar-refractivity contribution in [1.29, 1.82) is 0 Å². The molecule has 1 aromatic carbocycles. The van der Waals surface area contributed by atoms with E-state index in [-0.39, 0.29) is 30.9 Å². The van der Waals surface area contributed by atoms with Gasteiger partial charge in [0.25, 0.3) is 0 Å². The zero-order valence-electron chi connectivity index (χ0n) is 16.0. The van der Waals surface area contributed by atoms with E-state index in [4.69, 9.17) is 9.47 Å². The van der Waals surface area contributed by atoms with Crippen LogP contribution < -0.4 is 0 Å². The van der Waals surface area contributed by atoms with Crippen LogP contribution in [-0.4, -0.2) is 52.8 Å². The monoisotopic (exact) mass is 360 g/mol. The largest absolute Gasteiger partial charge is 0.445 e. The smallest absolute Gasteiger partial charge is 0.410 e. The zero-order valence-corrected chi connectivity index (χ0v) is 16.0. The van der Waals surface area contributed by atoms with Crippen molar-refractivity contribution in [3.8, 4) is 0 Å². The number of nitrogens with zero attached hydrogens (tertiary/aromatic N) is 2. The fourth-order valence-corrected chi connectivity index (χ4v) is 3.78. The first-order valence-electron chi connectivity index (χ1n) is 9.21. The van der Waals surface area contributed by atoms with Gasteiger partial charge < -0.3 is 14.4 Å². The summed E-state index contributed by atoms with van der Waals surface area (Å²) in [6.07, 6.45) is 0.278. The Labute approximate surface area is 155 Å². The number of benzene rings is 1. The van der Waals surface area contributed by atoms with E-state index >= 15 is 0 Å². The van der Waals surface area contributed by atoms with E-state index in [1.807, 2.05) is 56.0 Å². The molecule has 0 aromatic heterocycles. The molecule has 2 fully saturated rings. The second-order valence-corrected chi connectivity index (χ2v) is 8.27. The van der Waals surface area contributed by atoms with Crippen molar-refractivity contribution < 1.29 is 19.1 Å². The molecule has 2 saturated heterocycles. The zero-order chi connectivity index (χ0) is 18.9. The van der Waals surface area contributed by atoms with Crippen LogP contribution in [0.1, 0.15) is 39.7 Å². The lowest BCUT2D eigenvalue weighted by Gasteiger charge is -2.41. The molecule has 142 valence electrons. The van der Waals surface area contributed by atoms with Crippen LogP contribution in [0.5, 0.6) is 0 Å². The van der Waals surface area contributed by atoms with Crippen LogP contribution >= 0.6 is 0 Å². The first-order chi connectivity index (χ1) is 12.2. The Balaban J connectivity index is 1.62. The maximum Gasteiger partial charge on any atom is 0.410 e. The molecule has 3 atom stereocenters. The molecule has 6 heteroatoms. The lowest BCUT2D eigenvalue weighted by Crippen LogP contribution is -2.58. The van der Waals surface area contributed by atoms with Gasteiger partial charge in [-0.3, -0.25) is 4.90 Å². The number of carbonyl (C=O) groups excluding carboxylic acids is 2. The summed E-state index contributed by atoms with van der Waals surface area (Å²) in [5.41, 5.74) is 0.446. The first kappa shape index (κ1) is 18.5. The molecule has 0 radical (unpaired) electrons. The number of carbonyl (C=O) groups is 2. The normalized spacial score (nSPS) is 25.2. The number of rotatable bonds is 2. The summed E-state index contributed by atoms with van der Waals surface area (Å²) in [5, 5.41) is 0. The van der Waals surface area contributed by atoms with E-state index < -0.39 is 5.60 Å². The SMILES string of the molecule is CC1CC2CN(C(=O)OC(C)(C)C)CC1N2C(=O)OCc1ccccc1. The summed E-state index contributed by atoms with van der Waals surface area (Å²) >= 11 is 0. The Morgan fingerprint density at radius 1 is 1.12 bits per heavy atom. The predicted molar refractivity (Wildman–Crippen MR) is 97.6 cm³/mol. The predicted octanol–water partition coefficient (Wildman–Crippen LogP) is 3.65. The van der Waals surface area contributed by atoms with Crippen molar-refractivity contribution in [2.45, 2.75) is 58.4 Å². The van der Waals surface area contributed by atoms with Gasteiger partial charge in [0.15, 0.2) is 0 Å². The minimum atomic E-state index is -0.520. The highest BCUT2D eigenvalue weighted by Gasteiger charge is 2.49. The maximum absolute atomic E-state index is 12.7. The van der Waals surface area contributed by atoms with Gasteiger partial charge in [-0.05, 0) is 38.7 Å². The van der Waals surface area contributed by atoms with Gasteiger partial charge >= 0.3 is 12.2 Å². The molecule has 3 rings (SSSR count). The highest BCUT2D eigenvalue weighted by Crippen LogP contribution is 2.35.